The Kier molecular flexibility index (Phi) is 7.89. The molecule has 27 heavy (non-hydrogen) atoms. The minimum absolute atomic E-state index is 0.197. The van der Waals surface area contributed by atoms with Crippen LogP contribution in [0, 0.1) is 0 Å². The van der Waals surface area contributed by atoms with Crippen molar-refractivity contribution in [3.63, 3.8) is 0 Å². The zero-order chi connectivity index (χ0) is 19.6. The fourth-order valence-corrected chi connectivity index (χ4v) is 2.46. The van der Waals surface area contributed by atoms with Crippen LogP contribution in [0.5, 0.6) is 5.75 Å². The zero-order valence-corrected chi connectivity index (χ0v) is 16.1. The molecule has 0 aliphatic carbocycles. The number of amides is 2. The second-order valence-corrected chi connectivity index (χ2v) is 6.47. The summed E-state index contributed by atoms with van der Waals surface area (Å²) in [7, 11) is 0. The third-order valence-electron chi connectivity index (χ3n) is 4.08. The normalized spacial score (nSPS) is 11.8. The van der Waals surface area contributed by atoms with Gasteiger partial charge in [0.25, 0.3) is 11.8 Å². The van der Waals surface area contributed by atoms with Crippen LogP contribution in [0.2, 0.25) is 5.02 Å². The van der Waals surface area contributed by atoms with Crippen molar-refractivity contribution in [2.45, 2.75) is 26.2 Å². The molecule has 2 N–H and O–H groups in total. The zero-order valence-electron chi connectivity index (χ0n) is 15.4. The summed E-state index contributed by atoms with van der Waals surface area (Å²) in [6.07, 6.45) is 3.92. The van der Waals surface area contributed by atoms with Crippen molar-refractivity contribution in [3.05, 3.63) is 70.8 Å². The predicted molar refractivity (Wildman–Crippen MR) is 107 cm³/mol. The van der Waals surface area contributed by atoms with Crippen molar-refractivity contribution < 1.29 is 14.3 Å². The molecule has 0 spiro atoms. The molecule has 142 valence electrons. The van der Waals surface area contributed by atoms with Crippen LogP contribution < -0.4 is 15.6 Å². The van der Waals surface area contributed by atoms with Crippen LogP contribution >= 0.6 is 11.6 Å². The molecule has 0 fully saturated rings. The summed E-state index contributed by atoms with van der Waals surface area (Å²) in [4.78, 5) is 23.5. The number of carbonyl (C=O) groups excluding carboxylic acids is 2. The van der Waals surface area contributed by atoms with Crippen LogP contribution in [0.25, 0.3) is 6.08 Å². The van der Waals surface area contributed by atoms with Crippen molar-refractivity contribution in [2.75, 3.05) is 6.61 Å². The van der Waals surface area contributed by atoms with E-state index in [1.165, 1.54) is 11.6 Å². The number of hydrogen-bond donors (Lipinski definition) is 2. The van der Waals surface area contributed by atoms with E-state index in [1.54, 1.807) is 24.3 Å². The lowest BCUT2D eigenvalue weighted by atomic mass is 9.99. The van der Waals surface area contributed by atoms with Gasteiger partial charge in [-0.2, -0.15) is 0 Å². The summed E-state index contributed by atoms with van der Waals surface area (Å²) in [5.41, 5.74) is 6.53. The highest BCUT2D eigenvalue weighted by Crippen LogP contribution is 2.21. The van der Waals surface area contributed by atoms with Gasteiger partial charge < -0.3 is 4.74 Å². The second-order valence-electron chi connectivity index (χ2n) is 6.06. The van der Waals surface area contributed by atoms with Crippen molar-refractivity contribution in [3.8, 4) is 5.75 Å². The molecule has 0 saturated carbocycles. The Hall–Kier alpha value is -2.79. The second kappa shape index (κ2) is 10.4. The van der Waals surface area contributed by atoms with Gasteiger partial charge in [0.1, 0.15) is 5.75 Å². The third-order valence-corrected chi connectivity index (χ3v) is 4.42. The number of carbonyl (C=O) groups is 2. The fourth-order valence-electron chi connectivity index (χ4n) is 2.26. The topological polar surface area (TPSA) is 67.4 Å². The Balaban J connectivity index is 1.74. The first-order chi connectivity index (χ1) is 13.0. The summed E-state index contributed by atoms with van der Waals surface area (Å²) < 4.78 is 5.41. The summed E-state index contributed by atoms with van der Waals surface area (Å²) in [5, 5.41) is 0.540. The van der Waals surface area contributed by atoms with E-state index in [1.807, 2.05) is 30.3 Å². The van der Waals surface area contributed by atoms with E-state index < -0.39 is 11.8 Å². The number of ether oxygens (including phenoxy) is 1. The van der Waals surface area contributed by atoms with E-state index in [0.717, 1.165) is 6.42 Å². The van der Waals surface area contributed by atoms with Crippen LogP contribution in [0.3, 0.4) is 0 Å². The van der Waals surface area contributed by atoms with Gasteiger partial charge in [0.2, 0.25) is 0 Å². The Morgan fingerprint density at radius 2 is 1.81 bits per heavy atom. The molecule has 0 aromatic heterocycles. The average Bonchev–Trinajstić information content (AvgIpc) is 2.69. The first-order valence-corrected chi connectivity index (χ1v) is 9.11. The van der Waals surface area contributed by atoms with Crippen molar-refractivity contribution in [1.29, 1.82) is 0 Å². The van der Waals surface area contributed by atoms with Gasteiger partial charge in [-0.1, -0.05) is 55.8 Å². The molecule has 5 nitrogen and oxygen atoms in total. The van der Waals surface area contributed by atoms with E-state index in [2.05, 4.69) is 24.7 Å². The Labute approximate surface area is 164 Å². The first kappa shape index (κ1) is 20.5. The number of hydrogen-bond acceptors (Lipinski definition) is 3. The largest absolute Gasteiger partial charge is 0.484 e. The van der Waals surface area contributed by atoms with E-state index in [9.17, 15) is 9.59 Å². The first-order valence-electron chi connectivity index (χ1n) is 8.73. The van der Waals surface area contributed by atoms with Crippen LogP contribution in [0.1, 0.15) is 37.3 Å². The molecule has 1 atom stereocenters. The maximum absolute atomic E-state index is 11.8. The highest BCUT2D eigenvalue weighted by Gasteiger charge is 2.06. The minimum atomic E-state index is -0.471. The van der Waals surface area contributed by atoms with Gasteiger partial charge in [0.15, 0.2) is 6.61 Å². The number of halogens is 1. The van der Waals surface area contributed by atoms with Crippen LogP contribution in [0.4, 0.5) is 0 Å². The summed E-state index contributed by atoms with van der Waals surface area (Å²) >= 11 is 6.00. The SMILES string of the molecule is CCC(C)c1ccc(OCC(=O)NNC(=O)/C=C/c2ccccc2Cl)cc1. The molecule has 2 rings (SSSR count). The summed E-state index contributed by atoms with van der Waals surface area (Å²) in [5.74, 6) is 0.153. The Morgan fingerprint density at radius 1 is 1.11 bits per heavy atom. The fraction of sp³-hybridized carbons (Fsp3) is 0.238. The molecule has 2 aromatic rings. The number of nitrogens with one attached hydrogen (secondary N) is 2. The highest BCUT2D eigenvalue weighted by molar-refractivity contribution is 6.32. The quantitative estimate of drug-likeness (QED) is 0.556. The van der Waals surface area contributed by atoms with E-state index in [-0.39, 0.29) is 6.61 Å². The summed E-state index contributed by atoms with van der Waals surface area (Å²) in [6.45, 7) is 4.10. The Bertz CT molecular complexity index is 803. The maximum Gasteiger partial charge on any atom is 0.276 e. The van der Waals surface area contributed by atoms with Crippen LogP contribution in [-0.2, 0) is 9.59 Å². The standard InChI is InChI=1S/C21H23ClN2O3/c1-3-15(2)16-8-11-18(12-9-16)27-14-21(26)24-23-20(25)13-10-17-6-4-5-7-19(17)22/h4-13,15H,3,14H2,1-2H3,(H,23,25)(H,24,26)/b13-10+. The number of rotatable bonds is 7. The van der Waals surface area contributed by atoms with Gasteiger partial charge in [-0.05, 0) is 47.7 Å². The molecule has 0 aliphatic rings. The molecule has 2 aromatic carbocycles. The lowest BCUT2D eigenvalue weighted by Crippen LogP contribution is -2.43. The van der Waals surface area contributed by atoms with Crippen molar-refractivity contribution >= 4 is 29.5 Å². The van der Waals surface area contributed by atoms with Crippen LogP contribution in [-0.4, -0.2) is 18.4 Å². The maximum atomic E-state index is 11.8. The van der Waals surface area contributed by atoms with E-state index in [4.69, 9.17) is 16.3 Å². The van der Waals surface area contributed by atoms with Gasteiger partial charge >= 0.3 is 0 Å². The van der Waals surface area contributed by atoms with Gasteiger partial charge in [0.05, 0.1) is 0 Å². The molecule has 0 bridgehead atoms. The van der Waals surface area contributed by atoms with Gasteiger partial charge in [0, 0.05) is 11.1 Å². The molecule has 0 heterocycles. The number of benzene rings is 2. The molecular weight excluding hydrogens is 364 g/mol. The number of hydrazine groups is 1. The highest BCUT2D eigenvalue weighted by atomic mass is 35.5. The van der Waals surface area contributed by atoms with E-state index in [0.29, 0.717) is 22.3 Å². The minimum Gasteiger partial charge on any atom is -0.484 e. The van der Waals surface area contributed by atoms with Gasteiger partial charge in [-0.15, -0.1) is 0 Å². The van der Waals surface area contributed by atoms with E-state index >= 15 is 0 Å². The molecule has 0 radical (unpaired) electrons. The van der Waals surface area contributed by atoms with Crippen molar-refractivity contribution in [2.24, 2.45) is 0 Å². The monoisotopic (exact) mass is 386 g/mol. The lowest BCUT2D eigenvalue weighted by molar-refractivity contribution is -0.128. The molecular formula is C21H23ClN2O3. The van der Waals surface area contributed by atoms with Gasteiger partial charge in [-0.25, -0.2) is 0 Å². The summed E-state index contributed by atoms with van der Waals surface area (Å²) in [6, 6.07) is 14.8. The third kappa shape index (κ3) is 6.79. The van der Waals surface area contributed by atoms with Crippen LogP contribution in [0.15, 0.2) is 54.6 Å². The van der Waals surface area contributed by atoms with Crippen molar-refractivity contribution in [1.82, 2.24) is 10.9 Å². The molecule has 1 unspecified atom stereocenters. The smallest absolute Gasteiger partial charge is 0.276 e. The average molecular weight is 387 g/mol. The lowest BCUT2D eigenvalue weighted by Gasteiger charge is -2.11. The molecule has 0 aliphatic heterocycles. The predicted octanol–water partition coefficient (Wildman–Crippen LogP) is 4.09. The molecule has 6 heteroatoms. The molecule has 0 saturated heterocycles. The van der Waals surface area contributed by atoms with Gasteiger partial charge in [-0.3, -0.25) is 20.4 Å². The Morgan fingerprint density at radius 3 is 2.48 bits per heavy atom. The molecule has 2 amide bonds.